The summed E-state index contributed by atoms with van der Waals surface area (Å²) in [7, 11) is -3.38. The van der Waals surface area contributed by atoms with Crippen LogP contribution in [0, 0.1) is 26.7 Å². The monoisotopic (exact) mass is 255 g/mol. The molecule has 1 N–H and O–H groups in total. The van der Waals surface area contributed by atoms with Crippen molar-refractivity contribution in [3.63, 3.8) is 0 Å². The van der Waals surface area contributed by atoms with Crippen LogP contribution in [-0.4, -0.2) is 15.0 Å². The summed E-state index contributed by atoms with van der Waals surface area (Å²) in [5.74, 6) is 0.302. The average molecular weight is 255 g/mol. The highest BCUT2D eigenvalue weighted by Crippen LogP contribution is 2.19. The Hall–Kier alpha value is -0.870. The second kappa shape index (κ2) is 5.19. The predicted molar refractivity (Wildman–Crippen MR) is 70.7 cm³/mol. The molecule has 0 aliphatic rings. The Bertz CT molecular complexity index is 504. The summed E-state index contributed by atoms with van der Waals surface area (Å²) < 4.78 is 26.9. The molecule has 96 valence electrons. The molecule has 0 bridgehead atoms. The van der Waals surface area contributed by atoms with Gasteiger partial charge in [0.15, 0.2) is 0 Å². The maximum Gasteiger partial charge on any atom is 0.240 e. The van der Waals surface area contributed by atoms with Gasteiger partial charge in [0.2, 0.25) is 10.0 Å². The molecule has 0 unspecified atom stereocenters. The van der Waals surface area contributed by atoms with Gasteiger partial charge >= 0.3 is 0 Å². The van der Waals surface area contributed by atoms with Gasteiger partial charge < -0.3 is 0 Å². The number of nitrogens with one attached hydrogen (secondary N) is 1. The molecule has 0 heterocycles. The van der Waals surface area contributed by atoms with Crippen LogP contribution < -0.4 is 4.72 Å². The number of hydrogen-bond donors (Lipinski definition) is 1. The Kier molecular flexibility index (Phi) is 4.33. The lowest BCUT2D eigenvalue weighted by Gasteiger charge is -2.12. The molecule has 0 aliphatic carbocycles. The molecular formula is C13H21NO2S. The van der Waals surface area contributed by atoms with E-state index in [0.717, 1.165) is 16.7 Å². The summed E-state index contributed by atoms with van der Waals surface area (Å²) in [5, 5.41) is 0. The molecule has 3 nitrogen and oxygen atoms in total. The second-order valence-corrected chi connectivity index (χ2v) is 6.68. The molecule has 1 aromatic rings. The van der Waals surface area contributed by atoms with Crippen molar-refractivity contribution in [1.29, 1.82) is 0 Å². The third-order valence-electron chi connectivity index (χ3n) is 2.76. The minimum atomic E-state index is -3.38. The lowest BCUT2D eigenvalue weighted by molar-refractivity contribution is 0.559. The third kappa shape index (κ3) is 3.54. The average Bonchev–Trinajstić information content (AvgIpc) is 2.20. The molecule has 0 radical (unpaired) electrons. The van der Waals surface area contributed by atoms with Crippen LogP contribution in [0.4, 0.5) is 0 Å². The number of hydrogen-bond acceptors (Lipinski definition) is 2. The van der Waals surface area contributed by atoms with E-state index >= 15 is 0 Å². The summed E-state index contributed by atoms with van der Waals surface area (Å²) in [6.07, 6.45) is 0. The van der Waals surface area contributed by atoms with Gasteiger partial charge in [0.05, 0.1) is 4.90 Å². The third-order valence-corrected chi connectivity index (χ3v) is 4.33. The molecule has 17 heavy (non-hydrogen) atoms. The normalized spacial score (nSPS) is 12.1. The van der Waals surface area contributed by atoms with E-state index < -0.39 is 10.0 Å². The van der Waals surface area contributed by atoms with Crippen LogP contribution in [0.1, 0.15) is 30.5 Å². The van der Waals surface area contributed by atoms with Gasteiger partial charge in [0, 0.05) is 6.54 Å². The number of aryl methyl sites for hydroxylation is 3. The molecule has 1 rings (SSSR count). The van der Waals surface area contributed by atoms with Crippen LogP contribution in [0.25, 0.3) is 0 Å². The first kappa shape index (κ1) is 14.2. The highest BCUT2D eigenvalue weighted by molar-refractivity contribution is 7.89. The van der Waals surface area contributed by atoms with Crippen molar-refractivity contribution in [2.75, 3.05) is 6.54 Å². The Morgan fingerprint density at radius 3 is 2.12 bits per heavy atom. The van der Waals surface area contributed by atoms with Crippen molar-refractivity contribution >= 4 is 10.0 Å². The lowest BCUT2D eigenvalue weighted by atomic mass is 10.1. The summed E-state index contributed by atoms with van der Waals surface area (Å²) in [6, 6.07) is 3.66. The van der Waals surface area contributed by atoms with Gasteiger partial charge in [-0.15, -0.1) is 0 Å². The van der Waals surface area contributed by atoms with Crippen LogP contribution in [0.3, 0.4) is 0 Å². The zero-order chi connectivity index (χ0) is 13.2. The SMILES string of the molecule is Cc1cc(C)c(S(=O)(=O)NCC(C)C)cc1C. The van der Waals surface area contributed by atoms with E-state index in [9.17, 15) is 8.42 Å². The van der Waals surface area contributed by atoms with E-state index in [2.05, 4.69) is 4.72 Å². The highest BCUT2D eigenvalue weighted by Gasteiger charge is 2.17. The smallest absolute Gasteiger partial charge is 0.211 e. The fourth-order valence-corrected chi connectivity index (χ4v) is 3.10. The molecule has 0 fully saturated rings. The quantitative estimate of drug-likeness (QED) is 0.898. The fraction of sp³-hybridized carbons (Fsp3) is 0.538. The minimum Gasteiger partial charge on any atom is -0.211 e. The van der Waals surface area contributed by atoms with E-state index in [1.54, 1.807) is 6.07 Å². The first-order chi connectivity index (χ1) is 7.74. The van der Waals surface area contributed by atoms with Crippen molar-refractivity contribution in [1.82, 2.24) is 4.72 Å². The molecule has 0 saturated carbocycles. The van der Waals surface area contributed by atoms with Gasteiger partial charge in [-0.2, -0.15) is 0 Å². The van der Waals surface area contributed by atoms with Gasteiger partial charge in [-0.05, 0) is 49.4 Å². The largest absolute Gasteiger partial charge is 0.240 e. The summed E-state index contributed by atoms with van der Waals surface area (Å²) >= 11 is 0. The predicted octanol–water partition coefficient (Wildman–Crippen LogP) is 2.55. The van der Waals surface area contributed by atoms with Crippen molar-refractivity contribution in [3.05, 3.63) is 28.8 Å². The Morgan fingerprint density at radius 2 is 1.59 bits per heavy atom. The van der Waals surface area contributed by atoms with Gasteiger partial charge in [-0.3, -0.25) is 0 Å². The van der Waals surface area contributed by atoms with Crippen molar-refractivity contribution in [2.24, 2.45) is 5.92 Å². The van der Waals surface area contributed by atoms with E-state index in [-0.39, 0.29) is 0 Å². The first-order valence-corrected chi connectivity index (χ1v) is 7.30. The fourth-order valence-electron chi connectivity index (χ4n) is 1.58. The van der Waals surface area contributed by atoms with Gasteiger partial charge in [0.1, 0.15) is 0 Å². The Morgan fingerprint density at radius 1 is 1.06 bits per heavy atom. The molecule has 4 heteroatoms. The number of benzene rings is 1. The molecular weight excluding hydrogens is 234 g/mol. The van der Waals surface area contributed by atoms with E-state index in [4.69, 9.17) is 0 Å². The van der Waals surface area contributed by atoms with Crippen LogP contribution in [0.5, 0.6) is 0 Å². The van der Waals surface area contributed by atoms with E-state index in [0.29, 0.717) is 17.4 Å². The molecule has 0 amide bonds. The van der Waals surface area contributed by atoms with Gasteiger partial charge in [-0.25, -0.2) is 13.1 Å². The topological polar surface area (TPSA) is 46.2 Å². The van der Waals surface area contributed by atoms with Crippen LogP contribution in [-0.2, 0) is 10.0 Å². The zero-order valence-corrected chi connectivity index (χ0v) is 12.0. The van der Waals surface area contributed by atoms with Crippen LogP contribution in [0.2, 0.25) is 0 Å². The molecule has 0 aliphatic heterocycles. The van der Waals surface area contributed by atoms with Crippen LogP contribution in [0.15, 0.2) is 17.0 Å². The summed E-state index contributed by atoms with van der Waals surface area (Å²) in [6.45, 7) is 10.2. The van der Waals surface area contributed by atoms with E-state index in [1.165, 1.54) is 0 Å². The van der Waals surface area contributed by atoms with Crippen molar-refractivity contribution in [3.8, 4) is 0 Å². The maximum atomic E-state index is 12.1. The van der Waals surface area contributed by atoms with Gasteiger partial charge in [-0.1, -0.05) is 19.9 Å². The number of sulfonamides is 1. The molecule has 0 saturated heterocycles. The number of rotatable bonds is 4. The zero-order valence-electron chi connectivity index (χ0n) is 11.2. The van der Waals surface area contributed by atoms with E-state index in [1.807, 2.05) is 40.7 Å². The molecule has 0 spiro atoms. The second-order valence-electron chi connectivity index (χ2n) is 4.95. The Labute approximate surface area is 104 Å². The van der Waals surface area contributed by atoms with Crippen molar-refractivity contribution in [2.45, 2.75) is 39.5 Å². The molecule has 1 aromatic carbocycles. The molecule has 0 atom stereocenters. The minimum absolute atomic E-state index is 0.302. The van der Waals surface area contributed by atoms with Crippen molar-refractivity contribution < 1.29 is 8.42 Å². The highest BCUT2D eigenvalue weighted by atomic mass is 32.2. The standard InChI is InChI=1S/C13H21NO2S/c1-9(2)8-14-17(15,16)13-7-11(4)10(3)6-12(13)5/h6-7,9,14H,8H2,1-5H3. The Balaban J connectivity index is 3.11. The van der Waals surface area contributed by atoms with Gasteiger partial charge in [0.25, 0.3) is 0 Å². The lowest BCUT2D eigenvalue weighted by Crippen LogP contribution is -2.28. The first-order valence-electron chi connectivity index (χ1n) is 5.81. The molecule has 0 aromatic heterocycles. The summed E-state index contributed by atoms with van der Waals surface area (Å²) in [4.78, 5) is 0.390. The van der Waals surface area contributed by atoms with Crippen LogP contribution >= 0.6 is 0 Å². The maximum absolute atomic E-state index is 12.1. The summed E-state index contributed by atoms with van der Waals surface area (Å²) in [5.41, 5.74) is 2.91.